The van der Waals surface area contributed by atoms with Crippen LogP contribution in [0.1, 0.15) is 10.4 Å². The van der Waals surface area contributed by atoms with Crippen LogP contribution in [-0.2, 0) is 9.53 Å². The van der Waals surface area contributed by atoms with E-state index in [1.807, 2.05) is 0 Å². The zero-order valence-corrected chi connectivity index (χ0v) is 14.2. The number of para-hydroxylation sites is 1. The van der Waals surface area contributed by atoms with Gasteiger partial charge in [0.15, 0.2) is 6.61 Å². The first kappa shape index (κ1) is 20.1. The van der Waals surface area contributed by atoms with Crippen molar-refractivity contribution < 1.29 is 33.0 Å². The van der Waals surface area contributed by atoms with Gasteiger partial charge in [-0.25, -0.2) is 4.79 Å². The number of ether oxygens (including phenoxy) is 2. The van der Waals surface area contributed by atoms with Gasteiger partial charge in [0, 0.05) is 17.9 Å². The first-order valence-electron chi connectivity index (χ1n) is 7.95. The van der Waals surface area contributed by atoms with Crippen molar-refractivity contribution >= 4 is 23.3 Å². The molecule has 0 radical (unpaired) electrons. The number of carbonyl (C=O) groups is 2. The summed E-state index contributed by atoms with van der Waals surface area (Å²) in [5, 5.41) is 14.2. The molecule has 0 aliphatic carbocycles. The van der Waals surface area contributed by atoms with Gasteiger partial charge in [0.05, 0.1) is 12.2 Å². The summed E-state index contributed by atoms with van der Waals surface area (Å²) in [5.74, 6) is -1.33. The van der Waals surface area contributed by atoms with E-state index in [-0.39, 0.29) is 24.5 Å². The molecule has 2 aromatic rings. The Morgan fingerprint density at radius 3 is 2.44 bits per heavy atom. The van der Waals surface area contributed by atoms with Crippen LogP contribution in [0.2, 0.25) is 0 Å². The molecule has 0 fully saturated rings. The average Bonchev–Trinajstić information content (AvgIpc) is 2.66. The number of halogens is 2. The highest BCUT2D eigenvalue weighted by Gasteiger charge is 2.14. The maximum absolute atomic E-state index is 12.1. The lowest BCUT2D eigenvalue weighted by Crippen LogP contribution is -2.21. The standard InChI is InChI=1S/C18H18F2N2O5/c19-18(20)27-13-7-5-12(6-8-13)22-16(24)11-26-17(25)14-3-1-2-4-15(14)21-9-10-23/h1-8,18,21,23H,9-11H2,(H,22,24). The van der Waals surface area contributed by atoms with E-state index >= 15 is 0 Å². The van der Waals surface area contributed by atoms with Crippen molar-refractivity contribution in [2.75, 3.05) is 30.4 Å². The predicted octanol–water partition coefficient (Wildman–Crippen LogP) is 2.49. The first-order chi connectivity index (χ1) is 13.0. The summed E-state index contributed by atoms with van der Waals surface area (Å²) in [6.45, 7) is -3.30. The van der Waals surface area contributed by atoms with Crippen molar-refractivity contribution in [3.05, 3.63) is 54.1 Å². The molecular weight excluding hydrogens is 362 g/mol. The molecule has 9 heteroatoms. The van der Waals surface area contributed by atoms with Crippen LogP contribution in [-0.4, -0.2) is 43.4 Å². The van der Waals surface area contributed by atoms with Crippen molar-refractivity contribution in [1.29, 1.82) is 0 Å². The lowest BCUT2D eigenvalue weighted by molar-refractivity contribution is -0.119. The Morgan fingerprint density at radius 2 is 1.78 bits per heavy atom. The molecule has 0 unspecified atom stereocenters. The summed E-state index contributed by atoms with van der Waals surface area (Å²) >= 11 is 0. The van der Waals surface area contributed by atoms with Crippen LogP contribution < -0.4 is 15.4 Å². The van der Waals surface area contributed by atoms with E-state index in [0.29, 0.717) is 11.4 Å². The Bertz CT molecular complexity index is 769. The van der Waals surface area contributed by atoms with Gasteiger partial charge >= 0.3 is 12.6 Å². The fourth-order valence-electron chi connectivity index (χ4n) is 2.13. The molecule has 144 valence electrons. The third-order valence-corrected chi connectivity index (χ3v) is 3.27. The van der Waals surface area contributed by atoms with Gasteiger partial charge in [-0.1, -0.05) is 12.1 Å². The average molecular weight is 380 g/mol. The molecule has 0 aromatic heterocycles. The smallest absolute Gasteiger partial charge is 0.387 e. The minimum atomic E-state index is -2.93. The molecular formula is C18H18F2N2O5. The Labute approximate surface area is 153 Å². The monoisotopic (exact) mass is 380 g/mol. The van der Waals surface area contributed by atoms with E-state index in [9.17, 15) is 18.4 Å². The fourth-order valence-corrected chi connectivity index (χ4v) is 2.13. The van der Waals surface area contributed by atoms with Crippen molar-refractivity contribution in [2.45, 2.75) is 6.61 Å². The van der Waals surface area contributed by atoms with Crippen LogP contribution in [0.4, 0.5) is 20.2 Å². The van der Waals surface area contributed by atoms with Gasteiger partial charge in [0.2, 0.25) is 0 Å². The second kappa shape index (κ2) is 10.1. The highest BCUT2D eigenvalue weighted by atomic mass is 19.3. The zero-order valence-electron chi connectivity index (χ0n) is 14.2. The van der Waals surface area contributed by atoms with E-state index < -0.39 is 25.1 Å². The summed E-state index contributed by atoms with van der Waals surface area (Å²) in [7, 11) is 0. The van der Waals surface area contributed by atoms with Gasteiger partial charge in [-0.2, -0.15) is 8.78 Å². The van der Waals surface area contributed by atoms with Crippen molar-refractivity contribution in [3.8, 4) is 5.75 Å². The number of aliphatic hydroxyl groups excluding tert-OH is 1. The molecule has 2 aromatic carbocycles. The Morgan fingerprint density at radius 1 is 1.07 bits per heavy atom. The number of hydrogen-bond donors (Lipinski definition) is 3. The number of amides is 1. The summed E-state index contributed by atoms with van der Waals surface area (Å²) in [6, 6.07) is 11.8. The van der Waals surface area contributed by atoms with Crippen molar-refractivity contribution in [2.24, 2.45) is 0 Å². The molecule has 0 aliphatic heterocycles. The fraction of sp³-hybridized carbons (Fsp3) is 0.222. The van der Waals surface area contributed by atoms with E-state index in [2.05, 4.69) is 15.4 Å². The number of carbonyl (C=O) groups excluding carboxylic acids is 2. The molecule has 0 heterocycles. The van der Waals surface area contributed by atoms with Gasteiger partial charge in [-0.3, -0.25) is 4.79 Å². The topological polar surface area (TPSA) is 96.9 Å². The first-order valence-corrected chi connectivity index (χ1v) is 7.95. The number of nitrogens with one attached hydrogen (secondary N) is 2. The molecule has 0 aliphatic rings. The molecule has 2 rings (SSSR count). The minimum Gasteiger partial charge on any atom is -0.452 e. The van der Waals surface area contributed by atoms with Crippen LogP contribution in [0.5, 0.6) is 5.75 Å². The number of aliphatic hydroxyl groups is 1. The summed E-state index contributed by atoms with van der Waals surface area (Å²) in [4.78, 5) is 24.0. The molecule has 3 N–H and O–H groups in total. The SMILES string of the molecule is O=C(COC(=O)c1ccccc1NCCO)Nc1ccc(OC(F)F)cc1. The molecule has 1 amide bonds. The summed E-state index contributed by atoms with van der Waals surface area (Å²) in [5.41, 5.74) is 1.04. The third kappa shape index (κ3) is 6.55. The van der Waals surface area contributed by atoms with E-state index in [4.69, 9.17) is 9.84 Å². The van der Waals surface area contributed by atoms with Gasteiger partial charge in [-0.15, -0.1) is 0 Å². The largest absolute Gasteiger partial charge is 0.452 e. The Hall–Kier alpha value is -3.20. The molecule has 0 spiro atoms. The second-order valence-corrected chi connectivity index (χ2v) is 5.22. The number of anilines is 2. The van der Waals surface area contributed by atoms with Crippen LogP contribution >= 0.6 is 0 Å². The third-order valence-electron chi connectivity index (χ3n) is 3.27. The van der Waals surface area contributed by atoms with Gasteiger partial charge in [0.1, 0.15) is 5.75 Å². The maximum atomic E-state index is 12.1. The van der Waals surface area contributed by atoms with Crippen LogP contribution in [0.15, 0.2) is 48.5 Å². The van der Waals surface area contributed by atoms with E-state index in [1.54, 1.807) is 18.2 Å². The van der Waals surface area contributed by atoms with Crippen LogP contribution in [0.3, 0.4) is 0 Å². The van der Waals surface area contributed by atoms with Crippen molar-refractivity contribution in [1.82, 2.24) is 0 Å². The normalized spacial score (nSPS) is 10.4. The molecule has 0 atom stereocenters. The van der Waals surface area contributed by atoms with Gasteiger partial charge < -0.3 is 25.2 Å². The highest BCUT2D eigenvalue weighted by Crippen LogP contribution is 2.18. The van der Waals surface area contributed by atoms with E-state index in [0.717, 1.165) is 0 Å². The Kier molecular flexibility index (Phi) is 7.50. The second-order valence-electron chi connectivity index (χ2n) is 5.22. The predicted molar refractivity (Wildman–Crippen MR) is 94.0 cm³/mol. The molecule has 7 nitrogen and oxygen atoms in total. The number of alkyl halides is 2. The van der Waals surface area contributed by atoms with E-state index in [1.165, 1.54) is 30.3 Å². The number of hydrogen-bond acceptors (Lipinski definition) is 6. The highest BCUT2D eigenvalue weighted by molar-refractivity contribution is 5.98. The van der Waals surface area contributed by atoms with Gasteiger partial charge in [-0.05, 0) is 36.4 Å². The quantitative estimate of drug-likeness (QED) is 0.579. The molecule has 0 saturated carbocycles. The summed E-state index contributed by atoms with van der Waals surface area (Å²) < 4.78 is 33.4. The zero-order chi connectivity index (χ0) is 19.6. The van der Waals surface area contributed by atoms with Crippen molar-refractivity contribution in [3.63, 3.8) is 0 Å². The molecule has 0 saturated heterocycles. The summed E-state index contributed by atoms with van der Waals surface area (Å²) in [6.07, 6.45) is 0. The van der Waals surface area contributed by atoms with Gasteiger partial charge in [0.25, 0.3) is 5.91 Å². The molecule has 0 bridgehead atoms. The molecule has 27 heavy (non-hydrogen) atoms. The number of benzene rings is 2. The van der Waals surface area contributed by atoms with Crippen LogP contribution in [0, 0.1) is 0 Å². The lowest BCUT2D eigenvalue weighted by atomic mass is 10.2. The van der Waals surface area contributed by atoms with Crippen LogP contribution in [0.25, 0.3) is 0 Å². The number of esters is 1. The number of rotatable bonds is 9. The lowest BCUT2D eigenvalue weighted by Gasteiger charge is -2.11. The minimum absolute atomic E-state index is 0.0404. The maximum Gasteiger partial charge on any atom is 0.387 e. The Balaban J connectivity index is 1.87.